The van der Waals surface area contributed by atoms with Gasteiger partial charge in [-0.3, -0.25) is 0 Å². The topological polar surface area (TPSA) is 30.5 Å². The van der Waals surface area contributed by atoms with E-state index in [0.29, 0.717) is 19.3 Å². The van der Waals surface area contributed by atoms with E-state index in [2.05, 4.69) is 31.3 Å². The lowest BCUT2D eigenvalue weighted by molar-refractivity contribution is 0.101. The number of likely N-dealkylation sites (N-methyl/N-ethyl adjacent to an activating group) is 1. The summed E-state index contributed by atoms with van der Waals surface area (Å²) in [6, 6.07) is 8.79. The Morgan fingerprint density at radius 1 is 1.11 bits per heavy atom. The molecule has 1 rings (SSSR count). The zero-order valence-corrected chi connectivity index (χ0v) is 11.7. The van der Waals surface area contributed by atoms with Gasteiger partial charge >= 0.3 is 0 Å². The number of hydrogen-bond acceptors (Lipinski definition) is 3. The summed E-state index contributed by atoms with van der Waals surface area (Å²) in [5.41, 5.74) is 1.33. The molecule has 0 bridgehead atoms. The number of benzene rings is 1. The molecule has 0 fully saturated rings. The van der Waals surface area contributed by atoms with Gasteiger partial charge in [0.15, 0.2) is 0 Å². The molecule has 0 aliphatic heterocycles. The number of hydrogen-bond donors (Lipinski definition) is 1. The maximum atomic E-state index is 5.60. The molecule has 3 heteroatoms. The molecule has 18 heavy (non-hydrogen) atoms. The summed E-state index contributed by atoms with van der Waals surface area (Å²) < 4.78 is 11.0. The highest BCUT2D eigenvalue weighted by atomic mass is 16.5. The number of rotatable bonds is 9. The van der Waals surface area contributed by atoms with Crippen molar-refractivity contribution in [1.82, 2.24) is 5.32 Å². The molecule has 0 aliphatic rings. The lowest BCUT2D eigenvalue weighted by Gasteiger charge is -2.11. The molecule has 1 N–H and O–H groups in total. The highest BCUT2D eigenvalue weighted by Gasteiger charge is 2.01. The van der Waals surface area contributed by atoms with E-state index >= 15 is 0 Å². The molecular weight excluding hydrogens is 226 g/mol. The second kappa shape index (κ2) is 8.95. The Morgan fingerprint density at radius 3 is 2.44 bits per heavy atom. The molecule has 3 nitrogen and oxygen atoms in total. The molecule has 0 heterocycles. The first-order chi connectivity index (χ1) is 8.76. The minimum Gasteiger partial charge on any atom is -0.491 e. The molecule has 1 unspecified atom stereocenters. The lowest BCUT2D eigenvalue weighted by atomic mass is 10.1. The number of nitrogens with one attached hydrogen (secondary N) is 1. The van der Waals surface area contributed by atoms with E-state index in [1.807, 2.05) is 19.2 Å². The van der Waals surface area contributed by atoms with Crippen LogP contribution in [-0.2, 0) is 11.2 Å². The quantitative estimate of drug-likeness (QED) is 0.684. The predicted molar refractivity (Wildman–Crippen MR) is 75.3 cm³/mol. The van der Waals surface area contributed by atoms with Crippen LogP contribution in [0.3, 0.4) is 0 Å². The first kappa shape index (κ1) is 15.0. The van der Waals surface area contributed by atoms with Crippen LogP contribution in [0.25, 0.3) is 0 Å². The molecule has 1 aromatic rings. The molecule has 0 saturated carbocycles. The summed E-state index contributed by atoms with van der Waals surface area (Å²) in [6.07, 6.45) is 2.09. The first-order valence-corrected chi connectivity index (χ1v) is 6.73. The normalized spacial score (nSPS) is 12.4. The third kappa shape index (κ3) is 6.03. The minimum absolute atomic E-state index is 0.499. The maximum Gasteiger partial charge on any atom is 0.119 e. The van der Waals surface area contributed by atoms with E-state index < -0.39 is 0 Å². The summed E-state index contributed by atoms with van der Waals surface area (Å²) in [4.78, 5) is 0. The second-order valence-corrected chi connectivity index (χ2v) is 4.50. The zero-order chi connectivity index (χ0) is 13.2. The van der Waals surface area contributed by atoms with Crippen LogP contribution in [0.1, 0.15) is 25.8 Å². The maximum absolute atomic E-state index is 5.60. The highest BCUT2D eigenvalue weighted by molar-refractivity contribution is 5.27. The Bertz CT molecular complexity index is 311. The summed E-state index contributed by atoms with van der Waals surface area (Å²) in [5, 5.41) is 3.23. The minimum atomic E-state index is 0.499. The number of ether oxygens (including phenoxy) is 2. The summed E-state index contributed by atoms with van der Waals surface area (Å²) >= 11 is 0. The molecule has 0 aromatic heterocycles. The third-order valence-corrected chi connectivity index (χ3v) is 2.80. The summed E-state index contributed by atoms with van der Waals surface area (Å²) in [5.74, 6) is 0.913. The molecule has 102 valence electrons. The Kier molecular flexibility index (Phi) is 7.46. The largest absolute Gasteiger partial charge is 0.491 e. The standard InChI is InChI=1S/C15H25NO2/c1-4-9-17-10-11-18-15-7-5-14(6-8-15)12-13(2)16-3/h5-8,13,16H,4,9-12H2,1-3H3. The van der Waals surface area contributed by atoms with Gasteiger partial charge < -0.3 is 14.8 Å². The Balaban J connectivity index is 2.27. The van der Waals surface area contributed by atoms with Gasteiger partial charge in [0.25, 0.3) is 0 Å². The van der Waals surface area contributed by atoms with Gasteiger partial charge in [-0.2, -0.15) is 0 Å². The van der Waals surface area contributed by atoms with Gasteiger partial charge in [0, 0.05) is 12.6 Å². The monoisotopic (exact) mass is 251 g/mol. The van der Waals surface area contributed by atoms with Crippen molar-refractivity contribution in [3.63, 3.8) is 0 Å². The van der Waals surface area contributed by atoms with Crippen LogP contribution in [0.15, 0.2) is 24.3 Å². The van der Waals surface area contributed by atoms with Crippen molar-refractivity contribution in [2.45, 2.75) is 32.7 Å². The summed E-state index contributed by atoms with van der Waals surface area (Å²) in [6.45, 7) is 6.37. The summed E-state index contributed by atoms with van der Waals surface area (Å²) in [7, 11) is 1.98. The van der Waals surface area contributed by atoms with Gasteiger partial charge in [-0.1, -0.05) is 19.1 Å². The van der Waals surface area contributed by atoms with Crippen LogP contribution in [-0.4, -0.2) is 32.9 Å². The Hall–Kier alpha value is -1.06. The highest BCUT2D eigenvalue weighted by Crippen LogP contribution is 2.13. The average Bonchev–Trinajstić information content (AvgIpc) is 2.40. The van der Waals surface area contributed by atoms with Gasteiger partial charge in [-0.05, 0) is 44.5 Å². The van der Waals surface area contributed by atoms with Crippen LogP contribution >= 0.6 is 0 Å². The predicted octanol–water partition coefficient (Wildman–Crippen LogP) is 2.64. The van der Waals surface area contributed by atoms with Crippen molar-refractivity contribution in [3.05, 3.63) is 29.8 Å². The molecule has 0 saturated heterocycles. The van der Waals surface area contributed by atoms with E-state index in [4.69, 9.17) is 9.47 Å². The first-order valence-electron chi connectivity index (χ1n) is 6.73. The average molecular weight is 251 g/mol. The van der Waals surface area contributed by atoms with Crippen LogP contribution in [0.2, 0.25) is 0 Å². The van der Waals surface area contributed by atoms with Gasteiger partial charge in [-0.15, -0.1) is 0 Å². The Morgan fingerprint density at radius 2 is 1.83 bits per heavy atom. The third-order valence-electron chi connectivity index (χ3n) is 2.80. The van der Waals surface area contributed by atoms with Crippen molar-refractivity contribution in [3.8, 4) is 5.75 Å². The van der Waals surface area contributed by atoms with E-state index in [1.54, 1.807) is 0 Å². The molecule has 1 atom stereocenters. The van der Waals surface area contributed by atoms with Crippen LogP contribution in [0, 0.1) is 0 Å². The van der Waals surface area contributed by atoms with Gasteiger partial charge in [0.05, 0.1) is 6.61 Å². The molecule has 0 amide bonds. The van der Waals surface area contributed by atoms with E-state index in [1.165, 1.54) is 5.56 Å². The zero-order valence-electron chi connectivity index (χ0n) is 11.7. The SMILES string of the molecule is CCCOCCOc1ccc(CC(C)NC)cc1. The van der Waals surface area contributed by atoms with Crippen molar-refractivity contribution in [2.24, 2.45) is 0 Å². The smallest absolute Gasteiger partial charge is 0.119 e. The van der Waals surface area contributed by atoms with Crippen LogP contribution in [0.4, 0.5) is 0 Å². The molecule has 0 spiro atoms. The fourth-order valence-electron chi connectivity index (χ4n) is 1.64. The van der Waals surface area contributed by atoms with Gasteiger partial charge in [-0.25, -0.2) is 0 Å². The Labute approximate surface area is 110 Å². The van der Waals surface area contributed by atoms with Crippen molar-refractivity contribution in [1.29, 1.82) is 0 Å². The molecule has 0 radical (unpaired) electrons. The van der Waals surface area contributed by atoms with Gasteiger partial charge in [0.2, 0.25) is 0 Å². The second-order valence-electron chi connectivity index (χ2n) is 4.50. The molecule has 1 aromatic carbocycles. The fourth-order valence-corrected chi connectivity index (χ4v) is 1.64. The van der Waals surface area contributed by atoms with Crippen LogP contribution < -0.4 is 10.1 Å². The molecule has 0 aliphatic carbocycles. The van der Waals surface area contributed by atoms with E-state index in [-0.39, 0.29) is 0 Å². The van der Waals surface area contributed by atoms with Crippen molar-refractivity contribution in [2.75, 3.05) is 26.9 Å². The van der Waals surface area contributed by atoms with E-state index in [9.17, 15) is 0 Å². The lowest BCUT2D eigenvalue weighted by Crippen LogP contribution is -2.23. The molecular formula is C15H25NO2. The fraction of sp³-hybridized carbons (Fsp3) is 0.600. The van der Waals surface area contributed by atoms with E-state index in [0.717, 1.165) is 25.2 Å². The van der Waals surface area contributed by atoms with Crippen molar-refractivity contribution < 1.29 is 9.47 Å². The van der Waals surface area contributed by atoms with Gasteiger partial charge in [0.1, 0.15) is 12.4 Å². The van der Waals surface area contributed by atoms with Crippen LogP contribution in [0.5, 0.6) is 5.75 Å². The van der Waals surface area contributed by atoms with Crippen molar-refractivity contribution >= 4 is 0 Å².